The number of Topliss-reactive ketones (excluding diaryl/α,β-unsaturated/α-hetero) is 1. The molecule has 0 aliphatic rings. The van der Waals surface area contributed by atoms with Crippen molar-refractivity contribution in [3.05, 3.63) is 29.3 Å². The molecule has 0 unspecified atom stereocenters. The second-order valence-electron chi connectivity index (χ2n) is 2.56. The molecular weight excluding hydrogens is 273 g/mol. The molecule has 0 heterocycles. The predicted octanol–water partition coefficient (Wildman–Crippen LogP) is 2.55. The van der Waals surface area contributed by atoms with Crippen molar-refractivity contribution in [2.45, 2.75) is 11.8 Å². The Bertz CT molecular complexity index is 379. The molecule has 70 valence electrons. The quantitative estimate of drug-likeness (QED) is 0.391. The Balaban J connectivity index is 0.00000169. The van der Waals surface area contributed by atoms with Crippen molar-refractivity contribution in [2.75, 3.05) is 0 Å². The zero-order chi connectivity index (χ0) is 10.0. The largest absolute Gasteiger partial charge is 0.295 e. The van der Waals surface area contributed by atoms with Gasteiger partial charge >= 0.3 is 0 Å². The third kappa shape index (κ3) is 3.19. The van der Waals surface area contributed by atoms with E-state index in [1.807, 2.05) is 0 Å². The fourth-order valence-electron chi connectivity index (χ4n) is 0.912. The number of benzene rings is 1. The molecule has 0 aliphatic carbocycles. The van der Waals surface area contributed by atoms with Crippen molar-refractivity contribution in [3.8, 4) is 0 Å². The molecule has 0 spiro atoms. The third-order valence-electron chi connectivity index (χ3n) is 1.61. The summed E-state index contributed by atoms with van der Waals surface area (Å²) in [6.07, 6.45) is 0. The molecule has 2 nitrogen and oxygen atoms in total. The van der Waals surface area contributed by atoms with Gasteiger partial charge in [-0.25, -0.2) is 0 Å². The number of carbonyl (C=O) groups is 2. The van der Waals surface area contributed by atoms with Crippen LogP contribution in [0.3, 0.4) is 0 Å². The molecule has 0 aliphatic heterocycles. The van der Waals surface area contributed by atoms with Crippen molar-refractivity contribution < 1.29 is 29.1 Å². The van der Waals surface area contributed by atoms with Crippen LogP contribution in [0.15, 0.2) is 23.1 Å². The summed E-state index contributed by atoms with van der Waals surface area (Å²) in [5.41, 5.74) is 0.722. The molecule has 0 radical (unpaired) electrons. The van der Waals surface area contributed by atoms with E-state index in [0.717, 1.165) is 0 Å². The maximum Gasteiger partial charge on any atom is 0.253 e. The number of ketones is 1. The molecule has 0 saturated heterocycles. The molecule has 0 N–H and O–H groups in total. The van der Waals surface area contributed by atoms with Gasteiger partial charge in [0.05, 0.1) is 0 Å². The van der Waals surface area contributed by atoms with Crippen LogP contribution in [0.4, 0.5) is 0 Å². The van der Waals surface area contributed by atoms with Crippen LogP contribution < -0.4 is 0 Å². The van der Waals surface area contributed by atoms with Crippen molar-refractivity contribution in [1.82, 2.24) is 0 Å². The molecule has 1 aromatic rings. The van der Waals surface area contributed by atoms with Crippen molar-refractivity contribution in [2.24, 2.45) is 0 Å². The Labute approximate surface area is 105 Å². The Hall–Kier alpha value is -0.177. The molecule has 0 saturated carbocycles. The Morgan fingerprint density at radius 3 is 2.36 bits per heavy atom. The van der Waals surface area contributed by atoms with Crippen LogP contribution in [0.25, 0.3) is 0 Å². The maximum absolute atomic E-state index is 11.0. The second kappa shape index (κ2) is 5.64. The number of hydrogen-bond donors (Lipinski definition) is 1. The van der Waals surface area contributed by atoms with Crippen molar-refractivity contribution in [3.63, 3.8) is 0 Å². The van der Waals surface area contributed by atoms with E-state index < -0.39 is 5.24 Å². The van der Waals surface area contributed by atoms with E-state index in [0.29, 0.717) is 10.5 Å². The first-order chi connectivity index (χ1) is 6.02. The number of thiol groups is 1. The van der Waals surface area contributed by atoms with E-state index in [9.17, 15) is 9.59 Å². The van der Waals surface area contributed by atoms with Crippen molar-refractivity contribution in [1.29, 1.82) is 0 Å². The number of rotatable bonds is 2. The topological polar surface area (TPSA) is 34.1 Å². The van der Waals surface area contributed by atoms with E-state index in [1.54, 1.807) is 12.1 Å². The van der Waals surface area contributed by atoms with Gasteiger partial charge in [-0.05, 0) is 30.7 Å². The third-order valence-corrected chi connectivity index (χ3v) is 2.21. The second-order valence-corrected chi connectivity index (χ2v) is 3.39. The zero-order valence-electron chi connectivity index (χ0n) is 7.58. The minimum absolute atomic E-state index is 0. The van der Waals surface area contributed by atoms with Crippen LogP contribution in [0, 0.1) is 0 Å². The van der Waals surface area contributed by atoms with E-state index in [4.69, 9.17) is 11.6 Å². The van der Waals surface area contributed by atoms with Gasteiger partial charge in [0, 0.05) is 35.5 Å². The summed E-state index contributed by atoms with van der Waals surface area (Å²) in [5, 5.41) is -0.604. The van der Waals surface area contributed by atoms with Gasteiger partial charge < -0.3 is 0 Å². The van der Waals surface area contributed by atoms with Gasteiger partial charge in [0.15, 0.2) is 5.78 Å². The summed E-state index contributed by atoms with van der Waals surface area (Å²) < 4.78 is 0. The molecule has 0 amide bonds. The predicted molar refractivity (Wildman–Crippen MR) is 53.9 cm³/mol. The smallest absolute Gasteiger partial charge is 0.253 e. The van der Waals surface area contributed by atoms with Gasteiger partial charge in [-0.3, -0.25) is 9.59 Å². The van der Waals surface area contributed by atoms with E-state index in [1.165, 1.54) is 13.0 Å². The molecule has 0 atom stereocenters. The molecular formula is C9H7ClO2SZn. The van der Waals surface area contributed by atoms with Crippen LogP contribution in [0.5, 0.6) is 0 Å². The van der Waals surface area contributed by atoms with Crippen LogP contribution >= 0.6 is 24.2 Å². The van der Waals surface area contributed by atoms with E-state index in [-0.39, 0.29) is 30.8 Å². The Morgan fingerprint density at radius 2 is 1.93 bits per heavy atom. The fourth-order valence-corrected chi connectivity index (χ4v) is 1.38. The fraction of sp³-hybridized carbons (Fsp3) is 0.111. The zero-order valence-corrected chi connectivity index (χ0v) is 12.2. The van der Waals surface area contributed by atoms with Gasteiger partial charge in [0.25, 0.3) is 5.24 Å². The molecule has 1 rings (SSSR count). The van der Waals surface area contributed by atoms with Gasteiger partial charge in [0.1, 0.15) is 0 Å². The normalized spacial score (nSPS) is 9.07. The monoisotopic (exact) mass is 278 g/mol. The minimum Gasteiger partial charge on any atom is -0.295 e. The average Bonchev–Trinajstić information content (AvgIpc) is 2.04. The van der Waals surface area contributed by atoms with Crippen LogP contribution in [-0.2, 0) is 19.5 Å². The molecule has 0 bridgehead atoms. The summed E-state index contributed by atoms with van der Waals surface area (Å²) in [4.78, 5) is 22.3. The molecule has 0 aromatic heterocycles. The summed E-state index contributed by atoms with van der Waals surface area (Å²) >= 11 is 9.32. The Kier molecular flexibility index (Phi) is 5.57. The van der Waals surface area contributed by atoms with Crippen LogP contribution in [0.1, 0.15) is 27.6 Å². The molecule has 0 fully saturated rings. The van der Waals surface area contributed by atoms with Crippen molar-refractivity contribution >= 4 is 35.3 Å². The van der Waals surface area contributed by atoms with Gasteiger partial charge in [-0.1, -0.05) is 6.07 Å². The number of carbonyl (C=O) groups excluding carboxylic acids is 2. The average molecular weight is 280 g/mol. The number of hydrogen-bond acceptors (Lipinski definition) is 3. The van der Waals surface area contributed by atoms with E-state index in [2.05, 4.69) is 12.6 Å². The first-order valence-electron chi connectivity index (χ1n) is 3.56. The molecule has 5 heteroatoms. The first-order valence-corrected chi connectivity index (χ1v) is 4.38. The van der Waals surface area contributed by atoms with Crippen LogP contribution in [0.2, 0.25) is 0 Å². The maximum atomic E-state index is 11.0. The van der Waals surface area contributed by atoms with Gasteiger partial charge in [0.2, 0.25) is 0 Å². The first kappa shape index (κ1) is 13.8. The molecule has 1 aromatic carbocycles. The van der Waals surface area contributed by atoms with Gasteiger partial charge in [-0.15, -0.1) is 12.6 Å². The summed E-state index contributed by atoms with van der Waals surface area (Å²) in [6.45, 7) is 1.43. The standard InChI is InChI=1S/C9H7ClO2S.Zn/c1-5(11)6-2-3-8(13)7(4-6)9(10)12;/h2-4,13H,1H3;. The summed E-state index contributed by atoms with van der Waals surface area (Å²) in [7, 11) is 0. The number of halogens is 1. The van der Waals surface area contributed by atoms with E-state index >= 15 is 0 Å². The minimum atomic E-state index is -0.604. The SMILES string of the molecule is CC(=O)c1ccc(S)c(C(=O)Cl)c1.[Zn]. The molecule has 14 heavy (non-hydrogen) atoms. The van der Waals surface area contributed by atoms with Gasteiger partial charge in [-0.2, -0.15) is 0 Å². The summed E-state index contributed by atoms with van der Waals surface area (Å²) in [6, 6.07) is 4.63. The van der Waals surface area contributed by atoms with Crippen LogP contribution in [-0.4, -0.2) is 11.0 Å². The summed E-state index contributed by atoms with van der Waals surface area (Å²) in [5.74, 6) is -0.104. The Morgan fingerprint density at radius 1 is 1.36 bits per heavy atom.